The summed E-state index contributed by atoms with van der Waals surface area (Å²) in [4.78, 5) is 12.7. The monoisotopic (exact) mass is 420 g/mol. The second kappa shape index (κ2) is 7.17. The first-order valence-corrected chi connectivity index (χ1v) is 15.2. The Hall–Kier alpha value is -0.193. The predicted molar refractivity (Wildman–Crippen MR) is 120 cm³/mol. The van der Waals surface area contributed by atoms with Gasteiger partial charge in [-0.1, -0.05) is 27.7 Å². The molecule has 3 unspecified atom stereocenters. The Morgan fingerprint density at radius 1 is 1.07 bits per heavy atom. The topological polar surface area (TPSA) is 46.5 Å². The van der Waals surface area contributed by atoms with Crippen LogP contribution in [0.25, 0.3) is 0 Å². The van der Waals surface area contributed by atoms with Gasteiger partial charge in [0, 0.05) is 18.4 Å². The van der Waals surface area contributed by atoms with Crippen LogP contribution in [0.3, 0.4) is 0 Å². The zero-order chi connectivity index (χ0) is 21.2. The Bertz CT molecular complexity index is 653. The van der Waals surface area contributed by atoms with Crippen LogP contribution in [-0.2, 0) is 9.22 Å². The van der Waals surface area contributed by atoms with E-state index in [0.29, 0.717) is 29.5 Å². The Morgan fingerprint density at radius 2 is 1.79 bits per heavy atom. The lowest BCUT2D eigenvalue weighted by molar-refractivity contribution is -0.154. The minimum absolute atomic E-state index is 0.0519. The van der Waals surface area contributed by atoms with Gasteiger partial charge in [-0.3, -0.25) is 4.79 Å². The maximum Gasteiger partial charge on any atom is 0.192 e. The molecular formula is C25H44O3Si. The van der Waals surface area contributed by atoms with Crippen LogP contribution in [0, 0.1) is 34.5 Å². The van der Waals surface area contributed by atoms with Gasteiger partial charge in [0.1, 0.15) is 5.78 Å². The van der Waals surface area contributed by atoms with E-state index >= 15 is 0 Å². The van der Waals surface area contributed by atoms with Crippen molar-refractivity contribution in [2.45, 2.75) is 110 Å². The Kier molecular flexibility index (Phi) is 5.44. The molecule has 0 aromatic heterocycles. The molecule has 4 aliphatic carbocycles. The highest BCUT2D eigenvalue weighted by Gasteiger charge is 2.62. The zero-order valence-electron chi connectivity index (χ0n) is 19.7. The van der Waals surface area contributed by atoms with Gasteiger partial charge in [-0.2, -0.15) is 0 Å². The predicted octanol–water partition coefficient (Wildman–Crippen LogP) is 5.96. The molecular weight excluding hydrogens is 376 g/mol. The van der Waals surface area contributed by atoms with Crippen LogP contribution in [-0.4, -0.2) is 31.9 Å². The highest BCUT2D eigenvalue weighted by atomic mass is 28.4. The van der Waals surface area contributed by atoms with Crippen LogP contribution in [0.15, 0.2) is 0 Å². The van der Waals surface area contributed by atoms with Crippen LogP contribution in [0.1, 0.15) is 85.5 Å². The van der Waals surface area contributed by atoms with E-state index in [2.05, 4.69) is 40.8 Å². The highest BCUT2D eigenvalue weighted by molar-refractivity contribution is 6.74. The fraction of sp³-hybridized carbons (Fsp3) is 0.960. The summed E-state index contributed by atoms with van der Waals surface area (Å²) in [6.45, 7) is 14.9. The molecule has 3 nitrogen and oxygen atoms in total. The molecule has 0 aliphatic heterocycles. The lowest BCUT2D eigenvalue weighted by atomic mass is 9.45. The molecule has 0 saturated heterocycles. The first-order valence-electron chi connectivity index (χ1n) is 12.3. The molecule has 4 fully saturated rings. The number of aliphatic hydroxyl groups is 1. The van der Waals surface area contributed by atoms with E-state index in [1.54, 1.807) is 0 Å². The first kappa shape index (κ1) is 22.0. The van der Waals surface area contributed by atoms with E-state index in [0.717, 1.165) is 45.1 Å². The lowest BCUT2D eigenvalue weighted by Crippen LogP contribution is -2.58. The summed E-state index contributed by atoms with van der Waals surface area (Å²) in [6, 6.07) is 0. The number of hydrogen-bond donors (Lipinski definition) is 1. The van der Waals surface area contributed by atoms with E-state index in [1.165, 1.54) is 19.3 Å². The van der Waals surface area contributed by atoms with Gasteiger partial charge in [0.2, 0.25) is 0 Å². The molecule has 29 heavy (non-hydrogen) atoms. The number of fused-ring (bicyclic) bond motifs is 5. The van der Waals surface area contributed by atoms with Crippen molar-refractivity contribution in [3.8, 4) is 0 Å². The van der Waals surface area contributed by atoms with Gasteiger partial charge in [-0.05, 0) is 98.6 Å². The number of carbonyl (C=O) groups excluding carboxylic acids is 1. The summed E-state index contributed by atoms with van der Waals surface area (Å²) < 4.78 is 6.93. The summed E-state index contributed by atoms with van der Waals surface area (Å²) >= 11 is 0. The normalized spacial score (nSPS) is 45.5. The van der Waals surface area contributed by atoms with Crippen molar-refractivity contribution in [1.82, 2.24) is 0 Å². The van der Waals surface area contributed by atoms with Crippen molar-refractivity contribution in [2.24, 2.45) is 34.5 Å². The second-order valence-corrected chi connectivity index (χ2v) is 17.6. The summed E-state index contributed by atoms with van der Waals surface area (Å²) in [5.41, 5.74) is 0.175. The molecule has 166 valence electrons. The number of rotatable bonds is 3. The van der Waals surface area contributed by atoms with Gasteiger partial charge in [0.05, 0.1) is 6.10 Å². The third-order valence-corrected chi connectivity index (χ3v) is 15.0. The fourth-order valence-electron chi connectivity index (χ4n) is 7.61. The SMILES string of the molecule is CC(C)(C)[Si](C)(C)OC[C@]12CC[C@H](O)C[C@@H]1CCC1C2CC[C@]2(C)C(=O)CCC12. The lowest BCUT2D eigenvalue weighted by Gasteiger charge is -2.61. The fourth-order valence-corrected chi connectivity index (χ4v) is 8.67. The summed E-state index contributed by atoms with van der Waals surface area (Å²) in [5, 5.41) is 10.7. The number of aliphatic hydroxyl groups excluding tert-OH is 1. The molecule has 0 heterocycles. The van der Waals surface area contributed by atoms with E-state index < -0.39 is 8.32 Å². The van der Waals surface area contributed by atoms with Crippen molar-refractivity contribution in [2.75, 3.05) is 6.61 Å². The molecule has 0 bridgehead atoms. The standard InChI is InChI=1S/C25H44O3Si/c1-23(2,3)29(5,6)28-16-25-14-11-18(26)15-17(25)7-8-19-20-9-10-22(27)24(20,4)13-12-21(19)25/h17-21,26H,7-16H2,1-6H3/t17-,18-,19?,20?,21?,24-,25+/m0/s1. The molecule has 0 aromatic carbocycles. The molecule has 0 amide bonds. The van der Waals surface area contributed by atoms with Gasteiger partial charge >= 0.3 is 0 Å². The smallest absolute Gasteiger partial charge is 0.192 e. The maximum absolute atomic E-state index is 12.7. The summed E-state index contributed by atoms with van der Waals surface area (Å²) in [6.07, 6.45) is 9.56. The molecule has 4 aliphatic rings. The Balaban J connectivity index is 1.64. The van der Waals surface area contributed by atoms with Crippen molar-refractivity contribution in [3.05, 3.63) is 0 Å². The van der Waals surface area contributed by atoms with Gasteiger partial charge in [-0.25, -0.2) is 0 Å². The number of Topliss-reactive ketones (excluding diaryl/α,β-unsaturated/α-hetero) is 1. The number of carbonyl (C=O) groups is 1. The van der Waals surface area contributed by atoms with Gasteiger partial charge in [0.15, 0.2) is 8.32 Å². The van der Waals surface area contributed by atoms with Crippen molar-refractivity contribution in [3.63, 3.8) is 0 Å². The van der Waals surface area contributed by atoms with Crippen molar-refractivity contribution in [1.29, 1.82) is 0 Å². The van der Waals surface area contributed by atoms with Crippen molar-refractivity contribution >= 4 is 14.1 Å². The molecule has 4 rings (SSSR count). The Labute approximate surface area is 179 Å². The van der Waals surface area contributed by atoms with E-state index in [4.69, 9.17) is 4.43 Å². The van der Waals surface area contributed by atoms with E-state index in [-0.39, 0.29) is 22.0 Å². The Morgan fingerprint density at radius 3 is 2.48 bits per heavy atom. The average Bonchev–Trinajstić information content (AvgIpc) is 2.94. The zero-order valence-corrected chi connectivity index (χ0v) is 20.7. The van der Waals surface area contributed by atoms with E-state index in [9.17, 15) is 9.90 Å². The average molecular weight is 421 g/mol. The summed E-state index contributed by atoms with van der Waals surface area (Å²) in [7, 11) is -1.81. The van der Waals surface area contributed by atoms with Gasteiger partial charge in [-0.15, -0.1) is 0 Å². The van der Waals surface area contributed by atoms with Gasteiger partial charge in [0.25, 0.3) is 0 Å². The first-order chi connectivity index (χ1) is 13.4. The molecule has 1 N–H and O–H groups in total. The number of ketones is 1. The van der Waals surface area contributed by atoms with Crippen LogP contribution >= 0.6 is 0 Å². The minimum atomic E-state index is -1.81. The molecule has 4 saturated carbocycles. The molecule has 0 spiro atoms. The van der Waals surface area contributed by atoms with Crippen LogP contribution in [0.4, 0.5) is 0 Å². The summed E-state index contributed by atoms with van der Waals surface area (Å²) in [5.74, 6) is 3.09. The molecule has 0 aromatic rings. The molecule has 0 radical (unpaired) electrons. The van der Waals surface area contributed by atoms with Gasteiger partial charge < -0.3 is 9.53 Å². The van der Waals surface area contributed by atoms with Crippen LogP contribution < -0.4 is 0 Å². The van der Waals surface area contributed by atoms with Crippen molar-refractivity contribution < 1.29 is 14.3 Å². The largest absolute Gasteiger partial charge is 0.416 e. The van der Waals surface area contributed by atoms with Crippen LogP contribution in [0.2, 0.25) is 18.1 Å². The third kappa shape index (κ3) is 3.40. The molecule has 4 heteroatoms. The third-order valence-electron chi connectivity index (χ3n) is 10.6. The maximum atomic E-state index is 12.7. The number of hydrogen-bond acceptors (Lipinski definition) is 3. The molecule has 7 atom stereocenters. The quantitative estimate of drug-likeness (QED) is 0.573. The highest BCUT2D eigenvalue weighted by Crippen LogP contribution is 2.65. The minimum Gasteiger partial charge on any atom is -0.416 e. The van der Waals surface area contributed by atoms with E-state index in [1.807, 2.05) is 0 Å². The van der Waals surface area contributed by atoms with Crippen LogP contribution in [0.5, 0.6) is 0 Å². The second-order valence-electron chi connectivity index (χ2n) is 12.8.